The number of hydrogen-bond donors (Lipinski definition) is 0. The van der Waals surface area contributed by atoms with Crippen LogP contribution >= 0.6 is 35.3 Å². The molecular weight excluding hydrogens is 579 g/mol. The molecule has 3 aromatic rings. The van der Waals surface area contributed by atoms with Crippen LogP contribution in [0.1, 0.15) is 37.0 Å². The van der Waals surface area contributed by atoms with Crippen molar-refractivity contribution in [3.63, 3.8) is 0 Å². The Bertz CT molecular complexity index is 1430. The summed E-state index contributed by atoms with van der Waals surface area (Å²) < 4.78 is 28.3. The summed E-state index contributed by atoms with van der Waals surface area (Å²) in [6, 6.07) is 15.1. The third-order valence-electron chi connectivity index (χ3n) is 6.05. The number of hydrogen-bond acceptors (Lipinski definition) is 8. The first-order valence-corrected chi connectivity index (χ1v) is 14.8. The van der Waals surface area contributed by atoms with E-state index in [1.54, 1.807) is 11.0 Å². The summed E-state index contributed by atoms with van der Waals surface area (Å²) in [6.45, 7) is 6.80. The quantitative estimate of drug-likeness (QED) is 0.262. The van der Waals surface area contributed by atoms with E-state index in [4.69, 9.17) is 22.1 Å². The number of rotatable bonds is 13. The lowest BCUT2D eigenvalue weighted by Crippen LogP contribution is -2.39. The second-order valence-electron chi connectivity index (χ2n) is 8.31. The first kappa shape index (κ1) is 32.4. The van der Waals surface area contributed by atoms with Gasteiger partial charge in [-0.15, -0.1) is 12.4 Å². The maximum atomic E-state index is 13.7. The van der Waals surface area contributed by atoms with E-state index in [9.17, 15) is 13.2 Å². The zero-order valence-electron chi connectivity index (χ0n) is 21.7. The van der Waals surface area contributed by atoms with Crippen molar-refractivity contribution in [2.75, 3.05) is 44.2 Å². The number of likely N-dealkylation sites (N-methyl/N-ethyl adjacent to an activating group) is 1. The summed E-state index contributed by atoms with van der Waals surface area (Å²) in [5.74, 6) is -0.304. The van der Waals surface area contributed by atoms with Crippen LogP contribution in [0.2, 0.25) is 5.02 Å². The topological polar surface area (TPSA) is 121 Å². The molecule has 0 saturated carbocycles. The number of aromatic nitrogens is 1. The summed E-state index contributed by atoms with van der Waals surface area (Å²) in [7, 11) is -3.94. The number of nitriles is 2. The number of anilines is 1. The Hall–Kier alpha value is -2.77. The molecular formula is C26H30Cl2N6O3S2. The van der Waals surface area contributed by atoms with Crippen LogP contribution < -0.4 is 4.90 Å². The minimum absolute atomic E-state index is 0. The number of nitrogens with zero attached hydrogens (tertiary/aromatic N) is 6. The van der Waals surface area contributed by atoms with E-state index in [0.717, 1.165) is 22.1 Å². The van der Waals surface area contributed by atoms with Gasteiger partial charge in [0.1, 0.15) is 5.52 Å². The van der Waals surface area contributed by atoms with Gasteiger partial charge >= 0.3 is 0 Å². The Morgan fingerprint density at radius 1 is 0.974 bits per heavy atom. The normalized spacial score (nSPS) is 11.3. The standard InChI is InChI=1S/C26H29ClN6O3S2.ClH/c1-3-31(4-2)18-19-33(26-30-24-22(27)8-5-9-23(24)37-26)25(34)20-10-12-21(13-11-20)38(35,36)32(16-6-14-28)17-7-15-29;/h5,8-13H,3-4,6-7,16-19H2,1-2H3;1H. The van der Waals surface area contributed by atoms with Crippen molar-refractivity contribution < 1.29 is 13.2 Å². The fourth-order valence-electron chi connectivity index (χ4n) is 3.86. The Morgan fingerprint density at radius 3 is 2.13 bits per heavy atom. The van der Waals surface area contributed by atoms with Crippen LogP contribution in [0, 0.1) is 22.7 Å². The lowest BCUT2D eigenvalue weighted by molar-refractivity contribution is 0.0983. The van der Waals surface area contributed by atoms with E-state index in [1.807, 2.05) is 24.3 Å². The van der Waals surface area contributed by atoms with Gasteiger partial charge in [0, 0.05) is 44.6 Å². The van der Waals surface area contributed by atoms with Gasteiger partial charge in [-0.05, 0) is 49.5 Å². The van der Waals surface area contributed by atoms with Gasteiger partial charge < -0.3 is 4.90 Å². The SMILES string of the molecule is CCN(CC)CCN(C(=O)c1ccc(S(=O)(=O)N(CCC#N)CCC#N)cc1)c1nc2c(Cl)cccc2s1.Cl. The van der Waals surface area contributed by atoms with E-state index in [1.165, 1.54) is 35.6 Å². The molecule has 0 fully saturated rings. The van der Waals surface area contributed by atoms with Gasteiger partial charge in [0.2, 0.25) is 10.0 Å². The second kappa shape index (κ2) is 15.1. The maximum Gasteiger partial charge on any atom is 0.260 e. The van der Waals surface area contributed by atoms with E-state index in [2.05, 4.69) is 23.7 Å². The van der Waals surface area contributed by atoms with E-state index < -0.39 is 10.0 Å². The van der Waals surface area contributed by atoms with Crippen LogP contribution in [-0.4, -0.2) is 67.8 Å². The summed E-state index contributed by atoms with van der Waals surface area (Å²) in [6.07, 6.45) is 0.0177. The highest BCUT2D eigenvalue weighted by Gasteiger charge is 2.26. The lowest BCUT2D eigenvalue weighted by atomic mass is 10.2. The van der Waals surface area contributed by atoms with Crippen molar-refractivity contribution >= 4 is 66.6 Å². The molecule has 0 radical (unpaired) electrons. The lowest BCUT2D eigenvalue weighted by Gasteiger charge is -2.25. The molecule has 2 aromatic carbocycles. The highest BCUT2D eigenvalue weighted by molar-refractivity contribution is 7.89. The summed E-state index contributed by atoms with van der Waals surface area (Å²) in [4.78, 5) is 22.1. The van der Waals surface area contributed by atoms with Crippen LogP contribution in [0.4, 0.5) is 5.13 Å². The van der Waals surface area contributed by atoms with Gasteiger partial charge in [0.05, 0.1) is 26.8 Å². The fraction of sp³-hybridized carbons (Fsp3) is 0.385. The number of benzene rings is 2. The highest BCUT2D eigenvalue weighted by Crippen LogP contribution is 2.33. The molecule has 0 bridgehead atoms. The third kappa shape index (κ3) is 7.89. The Labute approximate surface area is 244 Å². The molecule has 0 N–H and O–H groups in total. The maximum absolute atomic E-state index is 13.7. The number of amides is 1. The number of thiazole rings is 1. The Kier molecular flexibility index (Phi) is 12.6. The first-order valence-electron chi connectivity index (χ1n) is 12.2. The molecule has 0 aliphatic carbocycles. The first-order chi connectivity index (χ1) is 18.3. The minimum Gasteiger partial charge on any atom is -0.302 e. The molecule has 0 aliphatic rings. The van der Waals surface area contributed by atoms with Gasteiger partial charge in [-0.25, -0.2) is 13.4 Å². The molecule has 39 heavy (non-hydrogen) atoms. The van der Waals surface area contributed by atoms with E-state index in [-0.39, 0.29) is 49.1 Å². The molecule has 0 saturated heterocycles. The summed E-state index contributed by atoms with van der Waals surface area (Å²) in [5.41, 5.74) is 0.945. The smallest absolute Gasteiger partial charge is 0.260 e. The fourth-order valence-corrected chi connectivity index (χ4v) is 6.59. The van der Waals surface area contributed by atoms with Crippen molar-refractivity contribution in [3.05, 3.63) is 53.1 Å². The number of carbonyl (C=O) groups excluding carboxylic acids is 1. The second-order valence-corrected chi connectivity index (χ2v) is 11.7. The molecule has 13 heteroatoms. The highest BCUT2D eigenvalue weighted by atomic mass is 35.5. The average molecular weight is 610 g/mol. The van der Waals surface area contributed by atoms with Crippen molar-refractivity contribution in [1.82, 2.24) is 14.2 Å². The molecule has 0 aliphatic heterocycles. The number of para-hydroxylation sites is 1. The van der Waals surface area contributed by atoms with Crippen molar-refractivity contribution in [1.29, 1.82) is 10.5 Å². The van der Waals surface area contributed by atoms with Gasteiger partial charge in [0.15, 0.2) is 5.13 Å². The molecule has 1 aromatic heterocycles. The minimum atomic E-state index is -3.94. The van der Waals surface area contributed by atoms with Gasteiger partial charge in [-0.3, -0.25) is 9.69 Å². The summed E-state index contributed by atoms with van der Waals surface area (Å²) >= 11 is 7.70. The average Bonchev–Trinajstić information content (AvgIpc) is 3.36. The predicted octanol–water partition coefficient (Wildman–Crippen LogP) is 5.18. The molecule has 0 atom stereocenters. The van der Waals surface area contributed by atoms with Crippen molar-refractivity contribution in [3.8, 4) is 12.1 Å². The van der Waals surface area contributed by atoms with E-state index in [0.29, 0.717) is 34.3 Å². The van der Waals surface area contributed by atoms with Crippen LogP contribution in [0.25, 0.3) is 10.2 Å². The van der Waals surface area contributed by atoms with Crippen LogP contribution in [0.3, 0.4) is 0 Å². The zero-order valence-corrected chi connectivity index (χ0v) is 24.9. The van der Waals surface area contributed by atoms with Crippen LogP contribution in [0.5, 0.6) is 0 Å². The Balaban J connectivity index is 0.00000533. The van der Waals surface area contributed by atoms with Gasteiger partial charge in [-0.2, -0.15) is 14.8 Å². The number of fused-ring (bicyclic) bond motifs is 1. The van der Waals surface area contributed by atoms with Crippen LogP contribution in [0.15, 0.2) is 47.4 Å². The molecule has 1 amide bonds. The number of halogens is 2. The monoisotopic (exact) mass is 608 g/mol. The molecule has 9 nitrogen and oxygen atoms in total. The largest absolute Gasteiger partial charge is 0.302 e. The molecule has 208 valence electrons. The van der Waals surface area contributed by atoms with Gasteiger partial charge in [0.25, 0.3) is 5.91 Å². The van der Waals surface area contributed by atoms with Crippen molar-refractivity contribution in [2.45, 2.75) is 31.6 Å². The van der Waals surface area contributed by atoms with Gasteiger partial charge in [-0.1, -0.05) is 42.9 Å². The zero-order chi connectivity index (χ0) is 27.7. The van der Waals surface area contributed by atoms with E-state index >= 15 is 0 Å². The number of sulfonamides is 1. The van der Waals surface area contributed by atoms with Crippen LogP contribution in [-0.2, 0) is 10.0 Å². The third-order valence-corrected chi connectivity index (χ3v) is 9.32. The molecule has 1 heterocycles. The summed E-state index contributed by atoms with van der Waals surface area (Å²) in [5, 5.41) is 18.8. The van der Waals surface area contributed by atoms with Crippen molar-refractivity contribution in [2.24, 2.45) is 0 Å². The number of carbonyl (C=O) groups is 1. The molecule has 3 rings (SSSR count). The molecule has 0 spiro atoms. The Morgan fingerprint density at radius 2 is 1.59 bits per heavy atom. The predicted molar refractivity (Wildman–Crippen MR) is 157 cm³/mol. The molecule has 0 unspecified atom stereocenters.